The molecule has 4 heteroatoms. The van der Waals surface area contributed by atoms with Crippen LogP contribution in [0, 0.1) is 0 Å². The van der Waals surface area contributed by atoms with E-state index in [4.69, 9.17) is 0 Å². The first-order chi connectivity index (χ1) is 8.77. The number of hydrogen-bond donors (Lipinski definition) is 1. The van der Waals surface area contributed by atoms with Crippen molar-refractivity contribution in [3.05, 3.63) is 30.1 Å². The van der Waals surface area contributed by atoms with Crippen molar-refractivity contribution >= 4 is 11.8 Å². The zero-order valence-corrected chi connectivity index (χ0v) is 12.5. The fraction of sp³-hybridized carbons (Fsp3) is 0.643. The summed E-state index contributed by atoms with van der Waals surface area (Å²) in [7, 11) is 2.22. The molecule has 1 rings (SSSR count). The lowest BCUT2D eigenvalue weighted by Gasteiger charge is -2.26. The normalized spacial score (nSPS) is 12.9. The average Bonchev–Trinajstić information content (AvgIpc) is 2.42. The number of aromatic nitrogens is 1. The Morgan fingerprint density at radius 1 is 1.50 bits per heavy atom. The van der Waals surface area contributed by atoms with E-state index in [0.717, 1.165) is 19.6 Å². The first-order valence-corrected chi connectivity index (χ1v) is 7.96. The second-order valence-electron chi connectivity index (χ2n) is 4.54. The van der Waals surface area contributed by atoms with Gasteiger partial charge in [0, 0.05) is 43.8 Å². The van der Waals surface area contributed by atoms with Gasteiger partial charge in [-0.3, -0.25) is 4.98 Å². The van der Waals surface area contributed by atoms with Crippen LogP contribution in [0.5, 0.6) is 0 Å². The number of hydrogen-bond acceptors (Lipinski definition) is 4. The van der Waals surface area contributed by atoms with E-state index in [1.165, 1.54) is 17.7 Å². The predicted octanol–water partition coefficient (Wildman–Crippen LogP) is 2.24. The topological polar surface area (TPSA) is 28.2 Å². The molecule has 0 amide bonds. The van der Waals surface area contributed by atoms with Gasteiger partial charge in [0.15, 0.2) is 0 Å². The number of likely N-dealkylation sites (N-methyl/N-ethyl adjacent to an activating group) is 1. The monoisotopic (exact) mass is 267 g/mol. The summed E-state index contributed by atoms with van der Waals surface area (Å²) in [5, 5.41) is 3.47. The summed E-state index contributed by atoms with van der Waals surface area (Å²) < 4.78 is 0. The van der Waals surface area contributed by atoms with Crippen molar-refractivity contribution in [2.24, 2.45) is 0 Å². The number of thioether (sulfide) groups is 1. The molecule has 102 valence electrons. The number of pyridine rings is 1. The van der Waals surface area contributed by atoms with E-state index in [9.17, 15) is 0 Å². The minimum atomic E-state index is 0.695. The average molecular weight is 267 g/mol. The molecule has 1 heterocycles. The Kier molecular flexibility index (Phi) is 8.05. The van der Waals surface area contributed by atoms with Gasteiger partial charge in [0.05, 0.1) is 0 Å². The fourth-order valence-corrected chi connectivity index (χ4v) is 2.80. The Morgan fingerprint density at radius 3 is 2.94 bits per heavy atom. The number of rotatable bonds is 9. The SMILES string of the molecule is CCC(CSC)N(C)CCNCc1cccnc1. The van der Waals surface area contributed by atoms with Crippen LogP contribution in [0.25, 0.3) is 0 Å². The largest absolute Gasteiger partial charge is 0.311 e. The van der Waals surface area contributed by atoms with Crippen molar-refractivity contribution in [3.63, 3.8) is 0 Å². The van der Waals surface area contributed by atoms with Crippen LogP contribution in [-0.4, -0.2) is 48.1 Å². The third-order valence-electron chi connectivity index (χ3n) is 3.15. The molecular formula is C14H25N3S. The van der Waals surface area contributed by atoms with Gasteiger partial charge < -0.3 is 10.2 Å². The molecule has 0 saturated heterocycles. The summed E-state index contributed by atoms with van der Waals surface area (Å²) >= 11 is 1.93. The highest BCUT2D eigenvalue weighted by Crippen LogP contribution is 2.07. The van der Waals surface area contributed by atoms with Crippen LogP contribution in [0.4, 0.5) is 0 Å². The maximum atomic E-state index is 4.11. The molecule has 0 radical (unpaired) electrons. The number of nitrogens with zero attached hydrogens (tertiary/aromatic N) is 2. The van der Waals surface area contributed by atoms with Gasteiger partial charge in [-0.15, -0.1) is 0 Å². The van der Waals surface area contributed by atoms with Crippen LogP contribution < -0.4 is 5.32 Å². The molecule has 0 fully saturated rings. The molecule has 0 bridgehead atoms. The highest BCUT2D eigenvalue weighted by molar-refractivity contribution is 7.98. The highest BCUT2D eigenvalue weighted by atomic mass is 32.2. The van der Waals surface area contributed by atoms with Gasteiger partial charge >= 0.3 is 0 Å². The van der Waals surface area contributed by atoms with Crippen molar-refractivity contribution in [1.82, 2.24) is 15.2 Å². The van der Waals surface area contributed by atoms with Crippen molar-refractivity contribution in [1.29, 1.82) is 0 Å². The maximum Gasteiger partial charge on any atom is 0.0312 e. The van der Waals surface area contributed by atoms with E-state index in [2.05, 4.69) is 41.5 Å². The van der Waals surface area contributed by atoms with Crippen molar-refractivity contribution < 1.29 is 0 Å². The second-order valence-corrected chi connectivity index (χ2v) is 5.45. The van der Waals surface area contributed by atoms with Crippen LogP contribution in [0.3, 0.4) is 0 Å². The van der Waals surface area contributed by atoms with Gasteiger partial charge in [-0.05, 0) is 31.4 Å². The molecule has 1 aromatic heterocycles. The zero-order valence-electron chi connectivity index (χ0n) is 11.7. The Bertz CT molecular complexity index is 305. The Hall–Kier alpha value is -0.580. The second kappa shape index (κ2) is 9.36. The molecule has 1 aromatic rings. The molecule has 1 atom stereocenters. The molecule has 1 N–H and O–H groups in total. The lowest BCUT2D eigenvalue weighted by atomic mass is 10.2. The molecule has 0 aliphatic heterocycles. The lowest BCUT2D eigenvalue weighted by molar-refractivity contribution is 0.255. The summed E-state index contributed by atoms with van der Waals surface area (Å²) in [5.74, 6) is 1.22. The minimum Gasteiger partial charge on any atom is -0.311 e. The fourth-order valence-electron chi connectivity index (χ4n) is 1.92. The molecule has 3 nitrogen and oxygen atoms in total. The standard InChI is InChI=1S/C14H25N3S/c1-4-14(12-18-3)17(2)9-8-16-11-13-6-5-7-15-10-13/h5-7,10,14,16H,4,8-9,11-12H2,1-3H3. The van der Waals surface area contributed by atoms with Crippen molar-refractivity contribution in [2.75, 3.05) is 32.1 Å². The van der Waals surface area contributed by atoms with Gasteiger partial charge in [-0.2, -0.15) is 11.8 Å². The van der Waals surface area contributed by atoms with Crippen LogP contribution in [-0.2, 0) is 6.54 Å². The molecule has 0 aromatic carbocycles. The summed E-state index contributed by atoms with van der Waals surface area (Å²) in [6.45, 7) is 5.29. The van der Waals surface area contributed by atoms with Gasteiger partial charge in [-0.25, -0.2) is 0 Å². The van der Waals surface area contributed by atoms with E-state index in [-0.39, 0.29) is 0 Å². The third-order valence-corrected chi connectivity index (χ3v) is 3.86. The highest BCUT2D eigenvalue weighted by Gasteiger charge is 2.10. The van der Waals surface area contributed by atoms with E-state index < -0.39 is 0 Å². The maximum absolute atomic E-state index is 4.11. The van der Waals surface area contributed by atoms with Gasteiger partial charge in [0.25, 0.3) is 0 Å². The lowest BCUT2D eigenvalue weighted by Crippen LogP contribution is -2.38. The Morgan fingerprint density at radius 2 is 2.33 bits per heavy atom. The van der Waals surface area contributed by atoms with E-state index >= 15 is 0 Å². The van der Waals surface area contributed by atoms with E-state index in [1.807, 2.05) is 30.2 Å². The molecule has 0 spiro atoms. The summed E-state index contributed by atoms with van der Waals surface area (Å²) in [4.78, 5) is 6.56. The Balaban J connectivity index is 2.17. The van der Waals surface area contributed by atoms with Crippen molar-refractivity contribution in [3.8, 4) is 0 Å². The smallest absolute Gasteiger partial charge is 0.0312 e. The molecule has 0 saturated carbocycles. The summed E-state index contributed by atoms with van der Waals surface area (Å²) in [5.41, 5.74) is 1.25. The molecule has 18 heavy (non-hydrogen) atoms. The Labute approximate surface area is 115 Å². The van der Waals surface area contributed by atoms with Gasteiger partial charge in [-0.1, -0.05) is 13.0 Å². The van der Waals surface area contributed by atoms with Crippen LogP contribution in [0.1, 0.15) is 18.9 Å². The first-order valence-electron chi connectivity index (χ1n) is 6.56. The number of nitrogens with one attached hydrogen (secondary N) is 1. The van der Waals surface area contributed by atoms with Gasteiger partial charge in [0.2, 0.25) is 0 Å². The predicted molar refractivity (Wildman–Crippen MR) is 81.0 cm³/mol. The summed E-state index contributed by atoms with van der Waals surface area (Å²) in [6, 6.07) is 4.78. The van der Waals surface area contributed by atoms with Crippen LogP contribution >= 0.6 is 11.8 Å². The summed E-state index contributed by atoms with van der Waals surface area (Å²) in [6.07, 6.45) is 7.13. The van der Waals surface area contributed by atoms with E-state index in [0.29, 0.717) is 6.04 Å². The molecule has 0 aliphatic carbocycles. The van der Waals surface area contributed by atoms with Crippen molar-refractivity contribution in [2.45, 2.75) is 25.9 Å². The molecule has 0 aliphatic rings. The molecule has 1 unspecified atom stereocenters. The third kappa shape index (κ3) is 5.85. The van der Waals surface area contributed by atoms with Crippen LogP contribution in [0.15, 0.2) is 24.5 Å². The van der Waals surface area contributed by atoms with Gasteiger partial charge in [0.1, 0.15) is 0 Å². The quantitative estimate of drug-likeness (QED) is 0.695. The zero-order chi connectivity index (χ0) is 13.2. The van der Waals surface area contributed by atoms with Crippen LogP contribution in [0.2, 0.25) is 0 Å². The first kappa shape index (κ1) is 15.5. The van der Waals surface area contributed by atoms with E-state index in [1.54, 1.807) is 0 Å². The molecular weight excluding hydrogens is 242 g/mol. The minimum absolute atomic E-state index is 0.695.